The standard InChI is InChI=1S/C40H42N4O10S/c1-17-9-21-10-23-24(13-41)44-25-14-51-39(48)40(22-12-27(49-5)26(46)11-20(22)7-8-42-40)15-55-38(32(44)31(43(23)4)28(21)33(47)34(17)50-6)30-29(25)37-36(52-16-53-37)18(2)35(30)54-19(3)45/h9,11-12,23-25,31-32,38,42,46-47H,7-8,10,14-16H2,1-6H3/t23-,24-,25-,31?,32?,38+,40+/m0/s1. The summed E-state index contributed by atoms with van der Waals surface area (Å²) in [4.78, 5) is 32.0. The minimum Gasteiger partial charge on any atom is -0.504 e. The van der Waals surface area contributed by atoms with Gasteiger partial charge in [-0.05, 0) is 68.1 Å². The van der Waals surface area contributed by atoms with E-state index in [1.54, 1.807) is 12.1 Å². The molecule has 7 heterocycles. The van der Waals surface area contributed by atoms with Gasteiger partial charge in [-0.15, -0.1) is 11.8 Å². The first-order valence-corrected chi connectivity index (χ1v) is 19.4. The number of aromatic hydroxyl groups is 2. The number of methoxy groups -OCH3 is 2. The SMILES string of the molecule is COc1cc2c(cc1O)CCN[C@]21CS[C@@H]2c3c(OC(C)=O)c(C)c4c(c3[C@H](COC1=O)N1C2C2c3c(cc(C)c(OC)c3O)C[C@@H]([C@@H]1C#N)N2C)OCO4. The van der Waals surface area contributed by atoms with Gasteiger partial charge >= 0.3 is 11.9 Å². The van der Waals surface area contributed by atoms with Gasteiger partial charge in [0.15, 0.2) is 40.0 Å². The first-order chi connectivity index (χ1) is 26.4. The maximum Gasteiger partial charge on any atom is 0.331 e. The highest BCUT2D eigenvalue weighted by Crippen LogP contribution is 2.64. The summed E-state index contributed by atoms with van der Waals surface area (Å²) in [5, 5.41) is 36.9. The predicted octanol–water partition coefficient (Wildman–Crippen LogP) is 3.99. The van der Waals surface area contributed by atoms with Gasteiger partial charge in [0.25, 0.3) is 0 Å². The molecule has 15 heteroatoms. The zero-order chi connectivity index (χ0) is 38.7. The lowest BCUT2D eigenvalue weighted by molar-refractivity contribution is -0.157. The van der Waals surface area contributed by atoms with Crippen molar-refractivity contribution in [3.63, 3.8) is 0 Å². The minimum atomic E-state index is -1.36. The number of carbonyl (C=O) groups excluding carboxylic acids is 2. The summed E-state index contributed by atoms with van der Waals surface area (Å²) in [6, 6.07) is 5.28. The van der Waals surface area contributed by atoms with Crippen molar-refractivity contribution in [2.24, 2.45) is 0 Å². The maximum absolute atomic E-state index is 14.7. The third kappa shape index (κ3) is 4.90. The number of fused-ring (bicyclic) bond motifs is 9. The van der Waals surface area contributed by atoms with E-state index in [2.05, 4.69) is 21.2 Å². The van der Waals surface area contributed by atoms with E-state index in [0.29, 0.717) is 70.2 Å². The van der Waals surface area contributed by atoms with Crippen LogP contribution in [0.2, 0.25) is 0 Å². The number of nitrogens with one attached hydrogen (secondary N) is 1. The Labute approximate surface area is 322 Å². The van der Waals surface area contributed by atoms with Gasteiger partial charge in [-0.2, -0.15) is 5.26 Å². The lowest BCUT2D eigenvalue weighted by atomic mass is 9.71. The molecular weight excluding hydrogens is 729 g/mol. The second-order valence-corrected chi connectivity index (χ2v) is 16.2. The van der Waals surface area contributed by atoms with Crippen molar-refractivity contribution in [1.82, 2.24) is 15.1 Å². The van der Waals surface area contributed by atoms with Gasteiger partial charge < -0.3 is 38.6 Å². The molecule has 1 spiro atoms. The van der Waals surface area contributed by atoms with Crippen molar-refractivity contribution in [2.75, 3.05) is 47.0 Å². The Hall–Kier alpha value is -4.88. The van der Waals surface area contributed by atoms with Crippen LogP contribution < -0.4 is 29.0 Å². The Morgan fingerprint density at radius 3 is 2.56 bits per heavy atom. The summed E-state index contributed by atoms with van der Waals surface area (Å²) in [6.45, 7) is 5.28. The number of rotatable bonds is 3. The fraction of sp³-hybridized carbons (Fsp3) is 0.475. The molecule has 0 aliphatic carbocycles. The van der Waals surface area contributed by atoms with Crippen molar-refractivity contribution in [2.45, 2.75) is 74.6 Å². The molecule has 2 unspecified atom stereocenters. The van der Waals surface area contributed by atoms with Crippen LogP contribution in [0.15, 0.2) is 18.2 Å². The van der Waals surface area contributed by atoms with Crippen LogP contribution in [0.1, 0.15) is 68.8 Å². The number of benzene rings is 3. The van der Waals surface area contributed by atoms with E-state index in [-0.39, 0.29) is 42.4 Å². The minimum absolute atomic E-state index is 0.0239. The van der Waals surface area contributed by atoms with Crippen LogP contribution in [0.5, 0.6) is 40.2 Å². The van der Waals surface area contributed by atoms with E-state index in [4.69, 9.17) is 28.4 Å². The van der Waals surface area contributed by atoms with Gasteiger partial charge in [0.2, 0.25) is 6.79 Å². The topological polar surface area (TPSA) is 172 Å². The maximum atomic E-state index is 14.7. The lowest BCUT2D eigenvalue weighted by Crippen LogP contribution is -2.69. The molecule has 0 radical (unpaired) electrons. The molecule has 3 N–H and O–H groups in total. The van der Waals surface area contributed by atoms with Crippen LogP contribution >= 0.6 is 11.8 Å². The van der Waals surface area contributed by atoms with Crippen molar-refractivity contribution in [3.05, 3.63) is 62.7 Å². The largest absolute Gasteiger partial charge is 0.504 e. The first-order valence-electron chi connectivity index (χ1n) is 18.3. The third-order valence-corrected chi connectivity index (χ3v) is 13.9. The molecule has 7 aliphatic heterocycles. The number of phenolic OH excluding ortho intramolecular Hbond substituents is 2. The Bertz CT molecular complexity index is 2220. The summed E-state index contributed by atoms with van der Waals surface area (Å²) in [7, 11) is 4.99. The molecule has 0 saturated carbocycles. The molecule has 288 valence electrons. The second kappa shape index (κ2) is 12.8. The Morgan fingerprint density at radius 2 is 1.84 bits per heavy atom. The van der Waals surface area contributed by atoms with Gasteiger partial charge in [0, 0.05) is 53.6 Å². The first kappa shape index (κ1) is 35.8. The highest BCUT2D eigenvalue weighted by molar-refractivity contribution is 7.99. The van der Waals surface area contributed by atoms with Crippen LogP contribution in [0.4, 0.5) is 0 Å². The number of nitrogens with zero attached hydrogens (tertiary/aromatic N) is 3. The summed E-state index contributed by atoms with van der Waals surface area (Å²) in [5.74, 6) is 0.973. The van der Waals surface area contributed by atoms with Crippen LogP contribution in [0.3, 0.4) is 0 Å². The van der Waals surface area contributed by atoms with Crippen molar-refractivity contribution in [1.29, 1.82) is 5.26 Å². The number of piperazine rings is 1. The van der Waals surface area contributed by atoms with Crippen LogP contribution in [-0.2, 0) is 32.7 Å². The molecule has 7 aliphatic rings. The number of hydrogen-bond acceptors (Lipinski definition) is 15. The molecule has 0 amide bonds. The van der Waals surface area contributed by atoms with Gasteiger partial charge in [-0.25, -0.2) is 4.79 Å². The molecule has 55 heavy (non-hydrogen) atoms. The molecule has 10 rings (SSSR count). The van der Waals surface area contributed by atoms with E-state index < -0.39 is 46.9 Å². The molecule has 7 atom stereocenters. The summed E-state index contributed by atoms with van der Waals surface area (Å²) in [5.41, 5.74) is 4.41. The van der Waals surface area contributed by atoms with Crippen molar-refractivity contribution in [3.8, 4) is 46.3 Å². The van der Waals surface area contributed by atoms with Crippen LogP contribution in [-0.4, -0.2) is 97.0 Å². The number of phenols is 2. The second-order valence-electron chi connectivity index (χ2n) is 15.1. The quantitative estimate of drug-likeness (QED) is 0.258. The highest BCUT2D eigenvalue weighted by atomic mass is 32.2. The fourth-order valence-corrected chi connectivity index (χ4v) is 11.9. The molecular formula is C40H42N4O10S. The lowest BCUT2D eigenvalue weighted by Gasteiger charge is -2.62. The fourth-order valence-electron chi connectivity index (χ4n) is 10.2. The molecule has 3 aromatic carbocycles. The molecule has 14 nitrogen and oxygen atoms in total. The zero-order valence-corrected chi connectivity index (χ0v) is 32.2. The van der Waals surface area contributed by atoms with Gasteiger partial charge in [-0.3, -0.25) is 19.9 Å². The molecule has 2 fully saturated rings. The number of hydrogen-bond donors (Lipinski definition) is 3. The molecule has 2 saturated heterocycles. The number of carbonyl (C=O) groups is 2. The Kier molecular flexibility index (Phi) is 8.36. The average molecular weight is 771 g/mol. The van der Waals surface area contributed by atoms with E-state index in [0.717, 1.165) is 16.7 Å². The normalized spacial score (nSPS) is 28.9. The van der Waals surface area contributed by atoms with E-state index in [1.165, 1.54) is 32.9 Å². The van der Waals surface area contributed by atoms with Crippen LogP contribution in [0, 0.1) is 25.2 Å². The van der Waals surface area contributed by atoms with Gasteiger partial charge in [0.1, 0.15) is 18.4 Å². The number of nitriles is 1. The Morgan fingerprint density at radius 1 is 1.05 bits per heavy atom. The highest BCUT2D eigenvalue weighted by Gasteiger charge is 2.62. The van der Waals surface area contributed by atoms with Crippen LogP contribution in [0.25, 0.3) is 0 Å². The number of likely N-dealkylation sites (N-methyl/N-ethyl adjacent to an activating group) is 1. The van der Waals surface area contributed by atoms with Gasteiger partial charge in [-0.1, -0.05) is 6.07 Å². The van der Waals surface area contributed by atoms with Gasteiger partial charge in [0.05, 0.1) is 37.6 Å². The van der Waals surface area contributed by atoms with E-state index in [9.17, 15) is 25.1 Å². The smallest absolute Gasteiger partial charge is 0.331 e. The molecule has 4 bridgehead atoms. The number of esters is 2. The monoisotopic (exact) mass is 770 g/mol. The number of thioether (sulfide) groups is 1. The zero-order valence-electron chi connectivity index (χ0n) is 31.3. The predicted molar refractivity (Wildman–Crippen MR) is 198 cm³/mol. The summed E-state index contributed by atoms with van der Waals surface area (Å²) in [6.07, 6.45) is 1.05. The van der Waals surface area contributed by atoms with Crippen molar-refractivity contribution >= 4 is 23.7 Å². The number of aryl methyl sites for hydroxylation is 1. The number of ether oxygens (including phenoxy) is 6. The van der Waals surface area contributed by atoms with E-state index >= 15 is 0 Å². The van der Waals surface area contributed by atoms with Crippen molar-refractivity contribution < 1.29 is 48.2 Å². The summed E-state index contributed by atoms with van der Waals surface area (Å²) >= 11 is 1.48. The molecule has 3 aromatic rings. The molecule has 0 aromatic heterocycles. The Balaban J connectivity index is 1.33. The third-order valence-electron chi connectivity index (χ3n) is 12.4. The van der Waals surface area contributed by atoms with E-state index in [1.807, 2.05) is 27.0 Å². The average Bonchev–Trinajstić information content (AvgIpc) is 3.65. The summed E-state index contributed by atoms with van der Waals surface area (Å²) < 4.78 is 36.1.